The van der Waals surface area contributed by atoms with E-state index < -0.39 is 0 Å². The van der Waals surface area contributed by atoms with Crippen LogP contribution in [0, 0.1) is 5.92 Å². The molecule has 0 aliphatic carbocycles. The van der Waals surface area contributed by atoms with Gasteiger partial charge in [0.15, 0.2) is 0 Å². The van der Waals surface area contributed by atoms with Crippen LogP contribution in [0.5, 0.6) is 5.75 Å². The van der Waals surface area contributed by atoms with Gasteiger partial charge in [0, 0.05) is 25.3 Å². The van der Waals surface area contributed by atoms with Crippen LogP contribution < -0.4 is 4.74 Å². The number of hydrogen-bond acceptors (Lipinski definition) is 4. The first-order valence-corrected chi connectivity index (χ1v) is 9.14. The molecule has 0 atom stereocenters. The van der Waals surface area contributed by atoms with Crippen LogP contribution in [-0.2, 0) is 13.0 Å². The second-order valence-electron chi connectivity index (χ2n) is 7.16. The van der Waals surface area contributed by atoms with E-state index >= 15 is 0 Å². The van der Waals surface area contributed by atoms with Gasteiger partial charge >= 0.3 is 0 Å². The molecule has 0 saturated carbocycles. The van der Waals surface area contributed by atoms with Gasteiger partial charge in [-0.1, -0.05) is 12.6 Å². The maximum Gasteiger partial charge on any atom is 0.119 e. The second kappa shape index (κ2) is 8.04. The standard InChI is InChI=1S/C20H30N2O2/c1-16(2)22-10-7-18-3-4-20(13-19(18)14-22)24-15-17-5-8-21(9-6-17)11-12-23/h3-4,13,17,23H,1,5-12,14-15H2,2H3. The van der Waals surface area contributed by atoms with Crippen LogP contribution in [0.2, 0.25) is 0 Å². The van der Waals surface area contributed by atoms with Crippen molar-refractivity contribution in [1.82, 2.24) is 9.80 Å². The van der Waals surface area contributed by atoms with E-state index in [1.807, 2.05) is 0 Å². The Labute approximate surface area is 145 Å². The van der Waals surface area contributed by atoms with Gasteiger partial charge in [0.05, 0.1) is 13.2 Å². The first-order chi connectivity index (χ1) is 11.7. The van der Waals surface area contributed by atoms with Crippen molar-refractivity contribution >= 4 is 0 Å². The molecule has 0 spiro atoms. The highest BCUT2D eigenvalue weighted by Crippen LogP contribution is 2.26. The van der Waals surface area contributed by atoms with Crippen LogP contribution in [0.1, 0.15) is 30.9 Å². The van der Waals surface area contributed by atoms with E-state index in [2.05, 4.69) is 41.5 Å². The number of likely N-dealkylation sites (tertiary alicyclic amines) is 1. The molecule has 1 fully saturated rings. The molecule has 2 aliphatic rings. The average Bonchev–Trinajstić information content (AvgIpc) is 2.60. The molecule has 2 aliphatic heterocycles. The van der Waals surface area contributed by atoms with Crippen LogP contribution in [0.3, 0.4) is 0 Å². The highest BCUT2D eigenvalue weighted by Gasteiger charge is 2.20. The predicted octanol–water partition coefficient (Wildman–Crippen LogP) is 2.66. The summed E-state index contributed by atoms with van der Waals surface area (Å²) in [5.41, 5.74) is 3.96. The van der Waals surface area contributed by atoms with E-state index in [1.54, 1.807) is 0 Å². The number of fused-ring (bicyclic) bond motifs is 1. The molecule has 1 N–H and O–H groups in total. The number of hydrogen-bond donors (Lipinski definition) is 1. The van der Waals surface area contributed by atoms with Crippen molar-refractivity contribution in [2.75, 3.05) is 39.4 Å². The molecule has 1 aromatic rings. The second-order valence-corrected chi connectivity index (χ2v) is 7.16. The van der Waals surface area contributed by atoms with Crippen LogP contribution in [0.15, 0.2) is 30.5 Å². The number of allylic oxidation sites excluding steroid dienone is 1. The minimum atomic E-state index is 0.261. The fourth-order valence-corrected chi connectivity index (χ4v) is 3.68. The molecule has 4 nitrogen and oxygen atoms in total. The molecule has 3 rings (SSSR count). The molecular formula is C20H30N2O2. The Kier molecular flexibility index (Phi) is 5.80. The van der Waals surface area contributed by atoms with E-state index in [1.165, 1.54) is 11.1 Å². The largest absolute Gasteiger partial charge is 0.493 e. The van der Waals surface area contributed by atoms with Gasteiger partial charge in [0.2, 0.25) is 0 Å². The van der Waals surface area contributed by atoms with Crippen LogP contribution >= 0.6 is 0 Å². The van der Waals surface area contributed by atoms with Gasteiger partial charge in [-0.25, -0.2) is 0 Å². The van der Waals surface area contributed by atoms with Crippen molar-refractivity contribution in [1.29, 1.82) is 0 Å². The summed E-state index contributed by atoms with van der Waals surface area (Å²) in [6.45, 7) is 12.2. The Balaban J connectivity index is 1.52. The van der Waals surface area contributed by atoms with Crippen LogP contribution in [0.4, 0.5) is 0 Å². The third-order valence-electron chi connectivity index (χ3n) is 5.34. The Hall–Kier alpha value is -1.52. The monoisotopic (exact) mass is 330 g/mol. The number of nitrogens with zero attached hydrogens (tertiary/aromatic N) is 2. The lowest BCUT2D eigenvalue weighted by Gasteiger charge is -2.32. The SMILES string of the molecule is C=C(C)N1CCc2ccc(OCC3CCN(CCO)CC3)cc2C1. The summed E-state index contributed by atoms with van der Waals surface area (Å²) >= 11 is 0. The number of benzene rings is 1. The minimum Gasteiger partial charge on any atom is -0.493 e. The van der Waals surface area contributed by atoms with Gasteiger partial charge in [-0.3, -0.25) is 0 Å². The smallest absolute Gasteiger partial charge is 0.119 e. The molecule has 0 unspecified atom stereocenters. The van der Waals surface area contributed by atoms with Crippen molar-refractivity contribution in [3.63, 3.8) is 0 Å². The maximum atomic E-state index is 9.01. The Morgan fingerprint density at radius 3 is 2.75 bits per heavy atom. The summed E-state index contributed by atoms with van der Waals surface area (Å²) in [5, 5.41) is 9.01. The summed E-state index contributed by atoms with van der Waals surface area (Å²) < 4.78 is 6.09. The average molecular weight is 330 g/mol. The van der Waals surface area contributed by atoms with E-state index in [-0.39, 0.29) is 6.61 Å². The molecule has 2 heterocycles. The zero-order chi connectivity index (χ0) is 16.9. The number of aliphatic hydroxyl groups excluding tert-OH is 1. The molecule has 0 radical (unpaired) electrons. The van der Waals surface area contributed by atoms with Gasteiger partial charge in [-0.2, -0.15) is 0 Å². The van der Waals surface area contributed by atoms with E-state index in [9.17, 15) is 0 Å². The number of β-amino-alcohol motifs (C(OH)–C–C–N with tert-alkyl or cyclic N) is 1. The van der Waals surface area contributed by atoms with Crippen molar-refractivity contribution < 1.29 is 9.84 Å². The number of aliphatic hydroxyl groups is 1. The fraction of sp³-hybridized carbons (Fsp3) is 0.600. The summed E-state index contributed by atoms with van der Waals surface area (Å²) in [5.74, 6) is 1.62. The molecule has 0 amide bonds. The lowest BCUT2D eigenvalue weighted by Crippen LogP contribution is -2.37. The van der Waals surface area contributed by atoms with E-state index in [0.29, 0.717) is 5.92 Å². The lowest BCUT2D eigenvalue weighted by molar-refractivity contribution is 0.122. The summed E-state index contributed by atoms with van der Waals surface area (Å²) in [7, 11) is 0. The minimum absolute atomic E-state index is 0.261. The van der Waals surface area contributed by atoms with Gasteiger partial charge in [-0.05, 0) is 68.5 Å². The molecule has 24 heavy (non-hydrogen) atoms. The van der Waals surface area contributed by atoms with Crippen molar-refractivity contribution in [3.05, 3.63) is 41.6 Å². The lowest BCUT2D eigenvalue weighted by atomic mass is 9.97. The van der Waals surface area contributed by atoms with Gasteiger partial charge in [0.25, 0.3) is 0 Å². The Bertz CT molecular complexity index is 565. The zero-order valence-electron chi connectivity index (χ0n) is 14.8. The molecule has 132 valence electrons. The molecule has 1 aromatic carbocycles. The summed E-state index contributed by atoms with van der Waals surface area (Å²) in [6, 6.07) is 6.56. The maximum absolute atomic E-state index is 9.01. The predicted molar refractivity (Wildman–Crippen MR) is 97.1 cm³/mol. The van der Waals surface area contributed by atoms with Crippen LogP contribution in [0.25, 0.3) is 0 Å². The molecule has 1 saturated heterocycles. The quantitative estimate of drug-likeness (QED) is 0.870. The van der Waals surface area contributed by atoms with Crippen molar-refractivity contribution in [2.24, 2.45) is 5.92 Å². The molecule has 0 aromatic heterocycles. The summed E-state index contributed by atoms with van der Waals surface area (Å²) in [4.78, 5) is 4.67. The highest BCUT2D eigenvalue weighted by atomic mass is 16.5. The van der Waals surface area contributed by atoms with Crippen molar-refractivity contribution in [3.8, 4) is 5.75 Å². The van der Waals surface area contributed by atoms with E-state index in [4.69, 9.17) is 9.84 Å². The Morgan fingerprint density at radius 2 is 2.04 bits per heavy atom. The number of rotatable bonds is 6. The topological polar surface area (TPSA) is 35.9 Å². The third-order valence-corrected chi connectivity index (χ3v) is 5.34. The highest BCUT2D eigenvalue weighted by molar-refractivity contribution is 5.37. The summed E-state index contributed by atoms with van der Waals surface area (Å²) in [6.07, 6.45) is 3.41. The number of piperidine rings is 1. The zero-order valence-corrected chi connectivity index (χ0v) is 14.8. The normalized spacial score (nSPS) is 19.2. The van der Waals surface area contributed by atoms with E-state index in [0.717, 1.165) is 70.0 Å². The van der Waals surface area contributed by atoms with Gasteiger partial charge in [-0.15, -0.1) is 0 Å². The van der Waals surface area contributed by atoms with Gasteiger partial charge < -0.3 is 19.6 Å². The Morgan fingerprint density at radius 1 is 1.25 bits per heavy atom. The van der Waals surface area contributed by atoms with Crippen LogP contribution in [-0.4, -0.2) is 54.3 Å². The number of ether oxygens (including phenoxy) is 1. The third kappa shape index (κ3) is 4.31. The fourth-order valence-electron chi connectivity index (χ4n) is 3.68. The molecular weight excluding hydrogens is 300 g/mol. The van der Waals surface area contributed by atoms with Crippen molar-refractivity contribution in [2.45, 2.75) is 32.7 Å². The molecule has 0 bridgehead atoms. The molecule has 4 heteroatoms. The first kappa shape index (κ1) is 17.3. The first-order valence-electron chi connectivity index (χ1n) is 9.14. The van der Waals surface area contributed by atoms with Gasteiger partial charge in [0.1, 0.15) is 5.75 Å².